The van der Waals surface area contributed by atoms with Gasteiger partial charge in [0.1, 0.15) is 23.2 Å². The molecule has 2 amide bonds. The van der Waals surface area contributed by atoms with Gasteiger partial charge in [-0.05, 0) is 92.0 Å². The van der Waals surface area contributed by atoms with Crippen LogP contribution in [0.5, 0.6) is 0 Å². The predicted molar refractivity (Wildman–Crippen MR) is 216 cm³/mol. The number of nitrogens with zero attached hydrogens (tertiary/aromatic N) is 2. The molecular weight excluding hydrogens is 750 g/mol. The second kappa shape index (κ2) is 15.1. The number of anilines is 1. The highest BCUT2D eigenvalue weighted by Gasteiger charge is 2.77. The second-order valence-corrected chi connectivity index (χ2v) is 17.9. The maximum atomic E-state index is 17.1. The van der Waals surface area contributed by atoms with E-state index in [2.05, 4.69) is 34.4 Å². The van der Waals surface area contributed by atoms with Gasteiger partial charge < -0.3 is 20.8 Å². The van der Waals surface area contributed by atoms with Crippen molar-refractivity contribution in [2.24, 2.45) is 11.3 Å². The van der Waals surface area contributed by atoms with Crippen LogP contribution in [-0.4, -0.2) is 56.1 Å². The Morgan fingerprint density at radius 3 is 2.30 bits per heavy atom. The molecule has 2 spiro atoms. The standard InChI is InChI=1S/C45H49Cl2FN4O4/c1-43(2)21-23-44(24-22-43)45(32-14-9-25-49-40(32)51-42(45)56)35(31-13-8-16-34(47)36(31)48)38(41(55)50-29-19-17-27(26-53)18-20-29)52(44)37(28-10-4-3-5-11-28)39(54)30-12-6-7-15-33(30)46/h3-16,25,27,29,35,37-39,53-54H,17-24,26H2,1-2H3,(H,50,55)(H,49,51,56)/t27?,29?,35-,37+,38+,39-,45?/m0/s1. The minimum absolute atomic E-state index is 0.0931. The molecule has 4 aromatic rings. The normalized spacial score (nSPS) is 27.8. The number of amides is 2. The van der Waals surface area contributed by atoms with E-state index in [0.29, 0.717) is 60.5 Å². The molecular formula is C45H49Cl2FN4O4. The molecule has 3 fully saturated rings. The number of halogens is 3. The Labute approximate surface area is 337 Å². The van der Waals surface area contributed by atoms with Gasteiger partial charge in [0.2, 0.25) is 11.8 Å². The van der Waals surface area contributed by atoms with E-state index in [9.17, 15) is 10.2 Å². The van der Waals surface area contributed by atoms with E-state index in [1.54, 1.807) is 42.6 Å². The summed E-state index contributed by atoms with van der Waals surface area (Å²) in [6.07, 6.45) is 5.51. The molecule has 4 aliphatic rings. The summed E-state index contributed by atoms with van der Waals surface area (Å²) in [6, 6.07) is 22.9. The van der Waals surface area contributed by atoms with Gasteiger partial charge >= 0.3 is 0 Å². The van der Waals surface area contributed by atoms with Gasteiger partial charge in [-0.25, -0.2) is 9.37 Å². The number of fused-ring (bicyclic) bond motifs is 3. The topological polar surface area (TPSA) is 115 Å². The lowest BCUT2D eigenvalue weighted by molar-refractivity contribution is -0.137. The number of aromatic nitrogens is 1. The number of rotatable bonds is 8. The molecule has 2 aliphatic carbocycles. The second-order valence-electron chi connectivity index (χ2n) is 17.1. The Balaban J connectivity index is 1.46. The summed E-state index contributed by atoms with van der Waals surface area (Å²) in [4.78, 5) is 38.0. The van der Waals surface area contributed by atoms with Crippen LogP contribution in [0, 0.1) is 17.2 Å². The minimum atomic E-state index is -1.55. The minimum Gasteiger partial charge on any atom is -0.396 e. The van der Waals surface area contributed by atoms with Crippen molar-refractivity contribution in [2.45, 2.75) is 106 Å². The number of carbonyl (C=O) groups excluding carboxylic acids is 2. The van der Waals surface area contributed by atoms with Crippen LogP contribution in [-0.2, 0) is 15.0 Å². The number of carbonyl (C=O) groups is 2. The van der Waals surface area contributed by atoms with Gasteiger partial charge in [-0.3, -0.25) is 14.5 Å². The zero-order chi connectivity index (χ0) is 39.4. The molecule has 0 radical (unpaired) electrons. The van der Waals surface area contributed by atoms with Gasteiger partial charge in [0.05, 0.1) is 17.1 Å². The van der Waals surface area contributed by atoms with Crippen molar-refractivity contribution in [3.05, 3.63) is 129 Å². The van der Waals surface area contributed by atoms with Gasteiger partial charge in [0.15, 0.2) is 0 Å². The SMILES string of the molecule is CC1(C)CCC2(CC1)N([C@H](c1ccccc1)[C@@H](O)c1ccccc1Cl)[C@@H](C(=O)NC1CCC(CO)CC1)[C@H](c1cccc(Cl)c1F)C21C(=O)Nc2ncccc21. The van der Waals surface area contributed by atoms with E-state index < -0.39 is 40.9 Å². The van der Waals surface area contributed by atoms with Gasteiger partial charge in [-0.1, -0.05) is 104 Å². The molecule has 2 saturated carbocycles. The van der Waals surface area contributed by atoms with Crippen molar-refractivity contribution in [1.29, 1.82) is 0 Å². The summed E-state index contributed by atoms with van der Waals surface area (Å²) in [7, 11) is 0. The van der Waals surface area contributed by atoms with Crippen LogP contribution in [0.1, 0.15) is 106 Å². The zero-order valence-electron chi connectivity index (χ0n) is 31.7. The van der Waals surface area contributed by atoms with Crippen molar-refractivity contribution in [3.63, 3.8) is 0 Å². The van der Waals surface area contributed by atoms with Crippen LogP contribution in [0.25, 0.3) is 0 Å². The fourth-order valence-corrected chi connectivity index (χ4v) is 11.2. The van der Waals surface area contributed by atoms with Crippen LogP contribution in [0.15, 0.2) is 91.1 Å². The lowest BCUT2D eigenvalue weighted by atomic mass is 9.53. The first-order valence-electron chi connectivity index (χ1n) is 19.8. The molecule has 1 saturated heterocycles. The molecule has 0 bridgehead atoms. The third-order valence-electron chi connectivity index (χ3n) is 13.6. The molecule has 11 heteroatoms. The molecule has 2 aliphatic heterocycles. The Kier molecular flexibility index (Phi) is 10.5. The van der Waals surface area contributed by atoms with E-state index in [1.807, 2.05) is 42.5 Å². The predicted octanol–water partition coefficient (Wildman–Crippen LogP) is 8.67. The van der Waals surface area contributed by atoms with Crippen LogP contribution < -0.4 is 10.6 Å². The molecule has 294 valence electrons. The number of likely N-dealkylation sites (tertiary alicyclic amines) is 1. The third-order valence-corrected chi connectivity index (χ3v) is 14.2. The average Bonchev–Trinajstić information content (AvgIpc) is 3.64. The fraction of sp³-hybridized carbons (Fsp3) is 0.444. The van der Waals surface area contributed by atoms with E-state index in [0.717, 1.165) is 18.4 Å². The summed E-state index contributed by atoms with van der Waals surface area (Å²) in [5.74, 6) is -1.98. The fourth-order valence-electron chi connectivity index (χ4n) is 10.8. The zero-order valence-corrected chi connectivity index (χ0v) is 33.2. The Bertz CT molecular complexity index is 2100. The van der Waals surface area contributed by atoms with Gasteiger partial charge in [-0.15, -0.1) is 0 Å². The van der Waals surface area contributed by atoms with Crippen LogP contribution in [0.3, 0.4) is 0 Å². The molecule has 5 atom stereocenters. The van der Waals surface area contributed by atoms with Gasteiger partial charge in [0.25, 0.3) is 0 Å². The summed E-state index contributed by atoms with van der Waals surface area (Å²) >= 11 is 13.5. The number of pyridine rings is 1. The van der Waals surface area contributed by atoms with E-state index >= 15 is 14.0 Å². The number of nitrogens with one attached hydrogen (secondary N) is 2. The van der Waals surface area contributed by atoms with Crippen molar-refractivity contribution in [1.82, 2.24) is 15.2 Å². The molecule has 8 rings (SSSR count). The van der Waals surface area contributed by atoms with Crippen molar-refractivity contribution >= 4 is 40.8 Å². The number of benzene rings is 3. The quantitative estimate of drug-likeness (QED) is 0.142. The van der Waals surface area contributed by atoms with Gasteiger partial charge in [0, 0.05) is 46.5 Å². The number of hydrogen-bond donors (Lipinski definition) is 4. The lowest BCUT2D eigenvalue weighted by Crippen LogP contribution is -2.64. The van der Waals surface area contributed by atoms with E-state index in [-0.39, 0.29) is 46.4 Å². The monoisotopic (exact) mass is 798 g/mol. The number of aliphatic hydroxyl groups is 2. The van der Waals surface area contributed by atoms with Crippen molar-refractivity contribution in [3.8, 4) is 0 Å². The first-order valence-corrected chi connectivity index (χ1v) is 20.6. The molecule has 3 aromatic carbocycles. The molecule has 4 N–H and O–H groups in total. The summed E-state index contributed by atoms with van der Waals surface area (Å²) in [5.41, 5.74) is -0.868. The summed E-state index contributed by atoms with van der Waals surface area (Å²) < 4.78 is 17.1. The number of hydrogen-bond acceptors (Lipinski definition) is 6. The van der Waals surface area contributed by atoms with Crippen LogP contribution in [0.2, 0.25) is 10.0 Å². The lowest BCUT2D eigenvalue weighted by Gasteiger charge is -2.56. The smallest absolute Gasteiger partial charge is 0.238 e. The highest BCUT2D eigenvalue weighted by Crippen LogP contribution is 2.69. The third kappa shape index (κ3) is 6.25. The Morgan fingerprint density at radius 2 is 1.61 bits per heavy atom. The van der Waals surface area contributed by atoms with Crippen LogP contribution in [0.4, 0.5) is 10.2 Å². The van der Waals surface area contributed by atoms with Gasteiger partial charge in [-0.2, -0.15) is 0 Å². The molecule has 3 heterocycles. The van der Waals surface area contributed by atoms with E-state index in [4.69, 9.17) is 23.2 Å². The summed E-state index contributed by atoms with van der Waals surface area (Å²) in [6.45, 7) is 4.52. The molecule has 8 nitrogen and oxygen atoms in total. The average molecular weight is 800 g/mol. The molecule has 1 unspecified atom stereocenters. The summed E-state index contributed by atoms with van der Waals surface area (Å²) in [5, 5.41) is 29.6. The van der Waals surface area contributed by atoms with Crippen molar-refractivity contribution < 1.29 is 24.2 Å². The largest absolute Gasteiger partial charge is 0.396 e. The van der Waals surface area contributed by atoms with E-state index in [1.165, 1.54) is 6.07 Å². The highest BCUT2D eigenvalue weighted by atomic mass is 35.5. The van der Waals surface area contributed by atoms with Crippen molar-refractivity contribution in [2.75, 3.05) is 11.9 Å². The first kappa shape index (κ1) is 39.0. The Hall–Kier alpha value is -3.86. The molecule has 56 heavy (non-hydrogen) atoms. The first-order chi connectivity index (χ1) is 26.9. The van der Waals surface area contributed by atoms with Crippen LogP contribution >= 0.6 is 23.2 Å². The highest BCUT2D eigenvalue weighted by molar-refractivity contribution is 6.31. The maximum absolute atomic E-state index is 17.1. The Morgan fingerprint density at radius 1 is 0.929 bits per heavy atom. The maximum Gasteiger partial charge on any atom is 0.238 e. The molecule has 1 aromatic heterocycles. The number of aliphatic hydroxyl groups excluding tert-OH is 2.